The molecule has 1 atom stereocenters. The van der Waals surface area contributed by atoms with E-state index in [1.807, 2.05) is 0 Å². The first-order valence-electron chi connectivity index (χ1n) is 9.84. The summed E-state index contributed by atoms with van der Waals surface area (Å²) in [5.74, 6) is -1.75. The van der Waals surface area contributed by atoms with Gasteiger partial charge in [-0.25, -0.2) is 9.80 Å². The van der Waals surface area contributed by atoms with Gasteiger partial charge in [0, 0.05) is 17.8 Å². The number of carbonyl (C=O) groups excluding carboxylic acids is 4. The van der Waals surface area contributed by atoms with Crippen LogP contribution in [0.3, 0.4) is 0 Å². The standard InChI is InChI=1S/C22H22N4O5S/c1-3-25-20(29)17(26(22(25)32)24-19(28)14-7-5-4-6-8-14)13-18(27)23-16-11-9-15(10-12-16)21(30)31-2/h4-12,17H,3,13H2,1-2H3,(H,23,27)(H,24,28). The predicted octanol–water partition coefficient (Wildman–Crippen LogP) is 1.96. The third-order valence-electron chi connectivity index (χ3n) is 4.84. The summed E-state index contributed by atoms with van der Waals surface area (Å²) in [5.41, 5.74) is 3.83. The highest BCUT2D eigenvalue weighted by molar-refractivity contribution is 7.80. The molecule has 0 aliphatic carbocycles. The van der Waals surface area contributed by atoms with Gasteiger partial charge in [-0.2, -0.15) is 0 Å². The number of ether oxygens (including phenoxy) is 1. The molecule has 1 heterocycles. The van der Waals surface area contributed by atoms with Crippen molar-refractivity contribution in [2.45, 2.75) is 19.4 Å². The number of carbonyl (C=O) groups is 4. The molecular formula is C22H22N4O5S. The van der Waals surface area contributed by atoms with E-state index < -0.39 is 23.8 Å². The fraction of sp³-hybridized carbons (Fsp3) is 0.227. The van der Waals surface area contributed by atoms with Crippen molar-refractivity contribution in [3.63, 3.8) is 0 Å². The number of rotatable bonds is 7. The predicted molar refractivity (Wildman–Crippen MR) is 121 cm³/mol. The number of anilines is 1. The van der Waals surface area contributed by atoms with Crippen molar-refractivity contribution in [2.24, 2.45) is 0 Å². The van der Waals surface area contributed by atoms with Crippen LogP contribution in [0, 0.1) is 0 Å². The van der Waals surface area contributed by atoms with Gasteiger partial charge in [-0.05, 0) is 55.5 Å². The molecule has 0 bridgehead atoms. The zero-order chi connectivity index (χ0) is 23.3. The maximum Gasteiger partial charge on any atom is 0.337 e. The topological polar surface area (TPSA) is 108 Å². The minimum Gasteiger partial charge on any atom is -0.465 e. The van der Waals surface area contributed by atoms with Crippen LogP contribution in [0.5, 0.6) is 0 Å². The second kappa shape index (κ2) is 10.0. The molecule has 3 amide bonds. The van der Waals surface area contributed by atoms with Crippen molar-refractivity contribution in [1.82, 2.24) is 15.3 Å². The first-order valence-corrected chi connectivity index (χ1v) is 10.2. The van der Waals surface area contributed by atoms with Crippen LogP contribution in [0.4, 0.5) is 5.69 Å². The lowest BCUT2D eigenvalue weighted by molar-refractivity contribution is -0.130. The van der Waals surface area contributed by atoms with Crippen LogP contribution >= 0.6 is 12.2 Å². The lowest BCUT2D eigenvalue weighted by Crippen LogP contribution is -2.49. The first-order chi connectivity index (χ1) is 15.3. The molecule has 0 radical (unpaired) electrons. The zero-order valence-corrected chi connectivity index (χ0v) is 18.3. The van der Waals surface area contributed by atoms with Crippen molar-refractivity contribution in [3.05, 3.63) is 65.7 Å². The molecule has 1 aliphatic heterocycles. The summed E-state index contributed by atoms with van der Waals surface area (Å²) in [6.45, 7) is 2.06. The van der Waals surface area contributed by atoms with Gasteiger partial charge >= 0.3 is 5.97 Å². The monoisotopic (exact) mass is 454 g/mol. The number of thiocarbonyl (C=S) groups is 1. The number of methoxy groups -OCH3 is 1. The van der Waals surface area contributed by atoms with Gasteiger partial charge in [-0.1, -0.05) is 18.2 Å². The lowest BCUT2D eigenvalue weighted by atomic mass is 10.1. The summed E-state index contributed by atoms with van der Waals surface area (Å²) in [7, 11) is 1.28. The molecule has 166 valence electrons. The lowest BCUT2D eigenvalue weighted by Gasteiger charge is -2.24. The highest BCUT2D eigenvalue weighted by Crippen LogP contribution is 2.20. The average molecular weight is 455 g/mol. The number of hydrogen-bond acceptors (Lipinski definition) is 6. The van der Waals surface area contributed by atoms with Crippen LogP contribution in [0.1, 0.15) is 34.1 Å². The molecule has 1 fully saturated rings. The largest absolute Gasteiger partial charge is 0.465 e. The van der Waals surface area contributed by atoms with Gasteiger partial charge in [0.25, 0.3) is 11.8 Å². The van der Waals surface area contributed by atoms with Crippen LogP contribution in [0.2, 0.25) is 0 Å². The van der Waals surface area contributed by atoms with E-state index in [4.69, 9.17) is 12.2 Å². The van der Waals surface area contributed by atoms with Gasteiger partial charge in [0.05, 0.1) is 19.1 Å². The Hall–Kier alpha value is -3.79. The molecule has 2 aromatic rings. The second-order valence-electron chi connectivity index (χ2n) is 6.88. The molecule has 2 aromatic carbocycles. The summed E-state index contributed by atoms with van der Waals surface area (Å²) in [6.07, 6.45) is -0.233. The summed E-state index contributed by atoms with van der Waals surface area (Å²) < 4.78 is 4.64. The molecule has 3 rings (SSSR count). The molecule has 1 aliphatic rings. The Morgan fingerprint density at radius 1 is 1.03 bits per heavy atom. The van der Waals surface area contributed by atoms with E-state index in [0.717, 1.165) is 0 Å². The van der Waals surface area contributed by atoms with Crippen molar-refractivity contribution >= 4 is 46.7 Å². The summed E-state index contributed by atoms with van der Waals surface area (Å²) in [6, 6.07) is 13.6. The molecule has 2 N–H and O–H groups in total. The van der Waals surface area contributed by atoms with Crippen molar-refractivity contribution in [2.75, 3.05) is 19.0 Å². The quantitative estimate of drug-likeness (QED) is 0.486. The van der Waals surface area contributed by atoms with E-state index in [9.17, 15) is 19.2 Å². The normalized spacial score (nSPS) is 15.5. The van der Waals surface area contributed by atoms with Crippen molar-refractivity contribution in [3.8, 4) is 0 Å². The van der Waals surface area contributed by atoms with E-state index >= 15 is 0 Å². The van der Waals surface area contributed by atoms with Crippen LogP contribution in [0.15, 0.2) is 54.6 Å². The number of amides is 3. The number of hydrogen-bond donors (Lipinski definition) is 2. The van der Waals surface area contributed by atoms with Gasteiger partial charge in [0.1, 0.15) is 6.04 Å². The summed E-state index contributed by atoms with van der Waals surface area (Å²) in [5, 5.41) is 4.07. The fourth-order valence-electron chi connectivity index (χ4n) is 3.20. The van der Waals surface area contributed by atoms with Gasteiger partial charge in [-0.3, -0.25) is 24.7 Å². The Labute approximate surface area is 190 Å². The number of esters is 1. The van der Waals surface area contributed by atoms with E-state index in [2.05, 4.69) is 15.5 Å². The number of nitrogens with zero attached hydrogens (tertiary/aromatic N) is 2. The van der Waals surface area contributed by atoms with E-state index in [-0.39, 0.29) is 17.4 Å². The maximum absolute atomic E-state index is 12.8. The minimum absolute atomic E-state index is 0.127. The SMILES string of the molecule is CCN1C(=O)C(CC(=O)Nc2ccc(C(=O)OC)cc2)N(NC(=O)c2ccccc2)C1=S. The molecule has 9 nitrogen and oxygen atoms in total. The van der Waals surface area contributed by atoms with Crippen molar-refractivity contribution < 1.29 is 23.9 Å². The smallest absolute Gasteiger partial charge is 0.337 e. The van der Waals surface area contributed by atoms with E-state index in [0.29, 0.717) is 23.4 Å². The molecule has 0 aromatic heterocycles. The number of benzene rings is 2. The van der Waals surface area contributed by atoms with E-state index in [1.165, 1.54) is 29.2 Å². The van der Waals surface area contributed by atoms with Crippen molar-refractivity contribution in [1.29, 1.82) is 0 Å². The Kier molecular flexibility index (Phi) is 7.16. The molecular weight excluding hydrogens is 432 g/mol. The van der Waals surface area contributed by atoms with Crippen LogP contribution in [0.25, 0.3) is 0 Å². The average Bonchev–Trinajstić information content (AvgIpc) is 3.02. The van der Waals surface area contributed by atoms with Crippen LogP contribution < -0.4 is 10.7 Å². The molecule has 32 heavy (non-hydrogen) atoms. The Bertz CT molecular complexity index is 1040. The molecule has 0 spiro atoms. The van der Waals surface area contributed by atoms with Gasteiger partial charge < -0.3 is 10.1 Å². The molecule has 1 saturated heterocycles. The Morgan fingerprint density at radius 3 is 2.28 bits per heavy atom. The van der Waals surface area contributed by atoms with E-state index in [1.54, 1.807) is 49.4 Å². The number of hydrazine groups is 1. The third kappa shape index (κ3) is 4.92. The summed E-state index contributed by atoms with van der Waals surface area (Å²) in [4.78, 5) is 50.9. The van der Waals surface area contributed by atoms with Crippen LogP contribution in [-0.4, -0.2) is 58.4 Å². The zero-order valence-electron chi connectivity index (χ0n) is 17.5. The third-order valence-corrected chi connectivity index (χ3v) is 5.26. The highest BCUT2D eigenvalue weighted by atomic mass is 32.1. The Morgan fingerprint density at radius 2 is 1.69 bits per heavy atom. The highest BCUT2D eigenvalue weighted by Gasteiger charge is 2.43. The van der Waals surface area contributed by atoms with Crippen LogP contribution in [-0.2, 0) is 14.3 Å². The Balaban J connectivity index is 1.72. The molecule has 10 heteroatoms. The number of likely N-dealkylation sites (N-methyl/N-ethyl adjacent to an activating group) is 1. The second-order valence-corrected chi connectivity index (χ2v) is 7.24. The minimum atomic E-state index is -0.982. The van der Waals surface area contributed by atoms with Gasteiger partial charge in [0.2, 0.25) is 5.91 Å². The first kappa shape index (κ1) is 22.9. The maximum atomic E-state index is 12.8. The van der Waals surface area contributed by atoms with Gasteiger partial charge in [0.15, 0.2) is 5.11 Å². The fourth-order valence-corrected chi connectivity index (χ4v) is 3.59. The number of nitrogens with one attached hydrogen (secondary N) is 2. The van der Waals surface area contributed by atoms with Gasteiger partial charge in [-0.15, -0.1) is 0 Å². The molecule has 0 saturated carbocycles. The summed E-state index contributed by atoms with van der Waals surface area (Å²) >= 11 is 5.36. The molecule has 1 unspecified atom stereocenters.